The largest absolute Gasteiger partial charge is 0.351 e. The van der Waals surface area contributed by atoms with Crippen molar-refractivity contribution in [2.24, 2.45) is 5.92 Å². The van der Waals surface area contributed by atoms with Crippen LogP contribution in [-0.2, 0) is 6.42 Å². The lowest BCUT2D eigenvalue weighted by Crippen LogP contribution is -2.13. The first-order valence-corrected chi connectivity index (χ1v) is 5.66. The molecule has 2 N–H and O–H groups in total. The Bertz CT molecular complexity index is 270. The summed E-state index contributed by atoms with van der Waals surface area (Å²) in [6, 6.07) is 0.179. The van der Waals surface area contributed by atoms with Crippen LogP contribution in [0.4, 0.5) is 6.01 Å². The maximum atomic E-state index is 5.34. The Kier molecular flexibility index (Phi) is 2.73. The monoisotopic (exact) mass is 199 g/mol. The Morgan fingerprint density at radius 2 is 2.54 bits per heavy atom. The second-order valence-electron chi connectivity index (χ2n) is 3.34. The highest BCUT2D eigenvalue weighted by Crippen LogP contribution is 2.24. The van der Waals surface area contributed by atoms with E-state index in [1.807, 2.05) is 11.8 Å². The molecule has 2 heterocycles. The van der Waals surface area contributed by atoms with E-state index in [0.717, 1.165) is 12.2 Å². The Balaban J connectivity index is 1.89. The van der Waals surface area contributed by atoms with Gasteiger partial charge in [-0.2, -0.15) is 16.7 Å². The molecular formula is C8H13N3OS. The van der Waals surface area contributed by atoms with E-state index in [4.69, 9.17) is 10.3 Å². The van der Waals surface area contributed by atoms with Gasteiger partial charge in [0.15, 0.2) is 5.82 Å². The molecule has 1 atom stereocenters. The van der Waals surface area contributed by atoms with Gasteiger partial charge in [0.25, 0.3) is 0 Å². The number of thioether (sulfide) groups is 1. The van der Waals surface area contributed by atoms with E-state index < -0.39 is 0 Å². The summed E-state index contributed by atoms with van der Waals surface area (Å²) in [4.78, 5) is 4.00. The summed E-state index contributed by atoms with van der Waals surface area (Å²) >= 11 is 2.01. The van der Waals surface area contributed by atoms with Gasteiger partial charge in [-0.05, 0) is 30.3 Å². The van der Waals surface area contributed by atoms with Gasteiger partial charge < -0.3 is 10.3 Å². The Morgan fingerprint density at radius 1 is 1.62 bits per heavy atom. The van der Waals surface area contributed by atoms with Crippen LogP contribution >= 0.6 is 11.8 Å². The third kappa shape index (κ3) is 2.37. The van der Waals surface area contributed by atoms with E-state index in [0.29, 0.717) is 5.92 Å². The first kappa shape index (κ1) is 8.87. The lowest BCUT2D eigenvalue weighted by molar-refractivity contribution is 0.415. The zero-order valence-corrected chi connectivity index (χ0v) is 8.22. The number of hydrogen-bond acceptors (Lipinski definition) is 5. The van der Waals surface area contributed by atoms with E-state index in [2.05, 4.69) is 10.1 Å². The van der Waals surface area contributed by atoms with Crippen molar-refractivity contribution in [2.75, 3.05) is 17.2 Å². The molecule has 1 fully saturated rings. The first-order chi connectivity index (χ1) is 6.34. The van der Waals surface area contributed by atoms with E-state index >= 15 is 0 Å². The van der Waals surface area contributed by atoms with Crippen LogP contribution in [0.15, 0.2) is 4.52 Å². The van der Waals surface area contributed by atoms with Gasteiger partial charge in [0, 0.05) is 6.42 Å². The van der Waals surface area contributed by atoms with Gasteiger partial charge in [0.05, 0.1) is 0 Å². The van der Waals surface area contributed by atoms with Crippen molar-refractivity contribution in [3.8, 4) is 0 Å². The molecule has 5 heteroatoms. The predicted molar refractivity (Wildman–Crippen MR) is 52.5 cm³/mol. The second-order valence-corrected chi connectivity index (χ2v) is 4.49. The summed E-state index contributed by atoms with van der Waals surface area (Å²) in [5, 5.41) is 3.79. The molecule has 0 amide bonds. The number of nitrogens with zero attached hydrogens (tertiary/aromatic N) is 2. The van der Waals surface area contributed by atoms with E-state index in [9.17, 15) is 0 Å². The fourth-order valence-corrected chi connectivity index (χ4v) is 2.73. The predicted octanol–water partition coefficient (Wildman–Crippen LogP) is 1.34. The molecule has 0 aromatic carbocycles. The molecule has 72 valence electrons. The molecule has 0 radical (unpaired) electrons. The molecule has 1 aromatic heterocycles. The van der Waals surface area contributed by atoms with Crippen LogP contribution in [0.25, 0.3) is 0 Å². The van der Waals surface area contributed by atoms with Crippen molar-refractivity contribution in [3.05, 3.63) is 5.82 Å². The molecule has 1 aliphatic rings. The van der Waals surface area contributed by atoms with Gasteiger partial charge in [-0.25, -0.2) is 0 Å². The number of aromatic nitrogens is 2. The van der Waals surface area contributed by atoms with Crippen LogP contribution in [0.3, 0.4) is 0 Å². The Labute approximate surface area is 81.3 Å². The zero-order valence-electron chi connectivity index (χ0n) is 7.40. The van der Waals surface area contributed by atoms with E-state index in [1.54, 1.807) is 0 Å². The van der Waals surface area contributed by atoms with Crippen molar-refractivity contribution < 1.29 is 4.52 Å². The van der Waals surface area contributed by atoms with Crippen LogP contribution in [0.1, 0.15) is 18.7 Å². The van der Waals surface area contributed by atoms with E-state index in [1.165, 1.54) is 24.3 Å². The summed E-state index contributed by atoms with van der Waals surface area (Å²) < 4.78 is 4.72. The topological polar surface area (TPSA) is 64.9 Å². The maximum absolute atomic E-state index is 5.34. The van der Waals surface area contributed by atoms with Gasteiger partial charge in [-0.1, -0.05) is 5.16 Å². The summed E-state index contributed by atoms with van der Waals surface area (Å²) in [5.74, 6) is 3.97. The van der Waals surface area contributed by atoms with Crippen molar-refractivity contribution in [1.29, 1.82) is 0 Å². The quantitative estimate of drug-likeness (QED) is 0.778. The second kappa shape index (κ2) is 4.00. The fourth-order valence-electron chi connectivity index (χ4n) is 1.58. The molecule has 1 aliphatic heterocycles. The van der Waals surface area contributed by atoms with Gasteiger partial charge in [0.2, 0.25) is 0 Å². The summed E-state index contributed by atoms with van der Waals surface area (Å²) in [7, 11) is 0. The molecule has 0 spiro atoms. The molecule has 0 saturated carbocycles. The summed E-state index contributed by atoms with van der Waals surface area (Å²) in [6.45, 7) is 0. The van der Waals surface area contributed by atoms with Crippen LogP contribution in [-0.4, -0.2) is 21.6 Å². The molecule has 0 bridgehead atoms. The Hall–Kier alpha value is -0.710. The molecule has 1 saturated heterocycles. The number of rotatable bonds is 2. The van der Waals surface area contributed by atoms with Gasteiger partial charge in [-0.3, -0.25) is 0 Å². The number of anilines is 1. The lowest BCUT2D eigenvalue weighted by Gasteiger charge is -2.19. The average molecular weight is 199 g/mol. The molecule has 13 heavy (non-hydrogen) atoms. The third-order valence-electron chi connectivity index (χ3n) is 2.21. The molecular weight excluding hydrogens is 186 g/mol. The molecule has 0 aliphatic carbocycles. The van der Waals surface area contributed by atoms with Gasteiger partial charge in [-0.15, -0.1) is 0 Å². The van der Waals surface area contributed by atoms with Crippen molar-refractivity contribution in [1.82, 2.24) is 10.1 Å². The van der Waals surface area contributed by atoms with Crippen LogP contribution in [0.5, 0.6) is 0 Å². The number of nitrogens with two attached hydrogens (primary N) is 1. The minimum Gasteiger partial charge on any atom is -0.351 e. The molecule has 1 aromatic rings. The normalized spacial score (nSPS) is 23.2. The Morgan fingerprint density at radius 3 is 3.15 bits per heavy atom. The van der Waals surface area contributed by atoms with Gasteiger partial charge >= 0.3 is 6.01 Å². The molecule has 2 rings (SSSR count). The van der Waals surface area contributed by atoms with Crippen molar-refractivity contribution >= 4 is 17.8 Å². The van der Waals surface area contributed by atoms with Crippen LogP contribution in [0, 0.1) is 5.92 Å². The van der Waals surface area contributed by atoms with Crippen LogP contribution < -0.4 is 5.73 Å². The summed E-state index contributed by atoms with van der Waals surface area (Å²) in [6.07, 6.45) is 3.50. The molecule has 1 unspecified atom stereocenters. The number of nitrogen functional groups attached to an aromatic ring is 1. The third-order valence-corrected chi connectivity index (χ3v) is 3.49. The fraction of sp³-hybridized carbons (Fsp3) is 0.750. The van der Waals surface area contributed by atoms with Crippen molar-refractivity contribution in [3.63, 3.8) is 0 Å². The maximum Gasteiger partial charge on any atom is 0.318 e. The van der Waals surface area contributed by atoms with Crippen LogP contribution in [0.2, 0.25) is 0 Å². The zero-order chi connectivity index (χ0) is 9.10. The number of hydrogen-bond donors (Lipinski definition) is 1. The lowest BCUT2D eigenvalue weighted by atomic mass is 10.0. The standard InChI is InChI=1S/C8H13N3OS/c9-8-10-7(11-12-8)4-6-2-1-3-13-5-6/h6H,1-5H2,(H2,9,10,11). The highest BCUT2D eigenvalue weighted by molar-refractivity contribution is 7.99. The van der Waals surface area contributed by atoms with Gasteiger partial charge in [0.1, 0.15) is 0 Å². The minimum atomic E-state index is 0.179. The first-order valence-electron chi connectivity index (χ1n) is 4.50. The van der Waals surface area contributed by atoms with E-state index in [-0.39, 0.29) is 6.01 Å². The highest BCUT2D eigenvalue weighted by atomic mass is 32.2. The molecule has 4 nitrogen and oxygen atoms in total. The minimum absolute atomic E-state index is 0.179. The smallest absolute Gasteiger partial charge is 0.318 e. The SMILES string of the molecule is Nc1nc(CC2CCCSC2)no1. The highest BCUT2D eigenvalue weighted by Gasteiger charge is 2.16. The average Bonchev–Trinajstić information content (AvgIpc) is 2.53. The van der Waals surface area contributed by atoms with Crippen molar-refractivity contribution in [2.45, 2.75) is 19.3 Å². The summed E-state index contributed by atoms with van der Waals surface area (Å²) in [5.41, 5.74) is 5.34.